The van der Waals surface area contributed by atoms with Crippen molar-refractivity contribution >= 4 is 35.2 Å². The smallest absolute Gasteiger partial charge is 0.0909 e. The largest absolute Gasteiger partial charge is 0.366 e. The molecular formula is C19H22Cl2N2. The molecule has 2 aromatic rings. The van der Waals surface area contributed by atoms with Crippen molar-refractivity contribution in [2.75, 3.05) is 13.6 Å². The third-order valence-corrected chi connectivity index (χ3v) is 4.53. The molecule has 0 N–H and O–H groups in total. The maximum absolute atomic E-state index is 6.29. The molecule has 0 bridgehead atoms. The highest BCUT2D eigenvalue weighted by atomic mass is 35.5. The van der Waals surface area contributed by atoms with E-state index in [4.69, 9.17) is 23.2 Å². The molecule has 0 atom stereocenters. The van der Waals surface area contributed by atoms with E-state index < -0.39 is 0 Å². The summed E-state index contributed by atoms with van der Waals surface area (Å²) in [6.07, 6.45) is 2.67. The summed E-state index contributed by atoms with van der Waals surface area (Å²) in [5.74, 6) is 0. The minimum atomic E-state index is 0.663. The van der Waals surface area contributed by atoms with E-state index in [2.05, 4.69) is 42.8 Å². The van der Waals surface area contributed by atoms with E-state index in [1.165, 1.54) is 11.1 Å². The van der Waals surface area contributed by atoms with E-state index in [1.807, 2.05) is 25.5 Å². The lowest BCUT2D eigenvalue weighted by Gasteiger charge is -2.12. The summed E-state index contributed by atoms with van der Waals surface area (Å²) in [6, 6.07) is 9.99. The molecule has 0 amide bonds. The Bertz CT molecular complexity index is 724. The van der Waals surface area contributed by atoms with Gasteiger partial charge in [-0.05, 0) is 67.6 Å². The Kier molecular flexibility index (Phi) is 6.09. The second kappa shape index (κ2) is 7.85. The number of benzene rings is 2. The Hall–Kier alpha value is -1.51. The van der Waals surface area contributed by atoms with Gasteiger partial charge in [-0.25, -0.2) is 4.99 Å². The molecule has 2 rings (SSSR count). The molecule has 0 unspecified atom stereocenters. The molecule has 0 saturated carbocycles. The fourth-order valence-corrected chi connectivity index (χ4v) is 2.78. The van der Waals surface area contributed by atoms with Crippen LogP contribution in [0, 0.1) is 13.8 Å². The first kappa shape index (κ1) is 17.8. The molecule has 0 fully saturated rings. The molecule has 2 aromatic carbocycles. The van der Waals surface area contributed by atoms with Crippen molar-refractivity contribution in [3.05, 3.63) is 62.6 Å². The van der Waals surface area contributed by atoms with E-state index in [1.54, 1.807) is 6.07 Å². The Morgan fingerprint density at radius 3 is 2.43 bits per heavy atom. The molecule has 0 heterocycles. The summed E-state index contributed by atoms with van der Waals surface area (Å²) in [5.41, 5.74) is 5.73. The van der Waals surface area contributed by atoms with Gasteiger partial charge in [-0.2, -0.15) is 0 Å². The van der Waals surface area contributed by atoms with Crippen molar-refractivity contribution < 1.29 is 0 Å². The molecule has 0 aliphatic rings. The molecule has 4 heteroatoms. The summed E-state index contributed by atoms with van der Waals surface area (Å²) in [7, 11) is 2.02. The van der Waals surface area contributed by atoms with Crippen LogP contribution in [0.3, 0.4) is 0 Å². The van der Waals surface area contributed by atoms with Gasteiger partial charge in [0.25, 0.3) is 0 Å². The summed E-state index contributed by atoms with van der Waals surface area (Å²) in [6.45, 7) is 7.24. The lowest BCUT2D eigenvalue weighted by Crippen LogP contribution is -2.14. The van der Waals surface area contributed by atoms with Crippen LogP contribution in [0.25, 0.3) is 0 Å². The zero-order valence-corrected chi connectivity index (χ0v) is 15.5. The number of aliphatic imine (C=N–C) groups is 1. The van der Waals surface area contributed by atoms with E-state index in [0.717, 1.165) is 29.8 Å². The minimum Gasteiger partial charge on any atom is -0.366 e. The summed E-state index contributed by atoms with van der Waals surface area (Å²) in [5, 5.41) is 1.37. The van der Waals surface area contributed by atoms with Crippen LogP contribution in [-0.2, 0) is 6.42 Å². The fourth-order valence-electron chi connectivity index (χ4n) is 2.30. The first-order valence-corrected chi connectivity index (χ1v) is 8.44. The number of aryl methyl sites for hydroxylation is 2. The quantitative estimate of drug-likeness (QED) is 0.491. The van der Waals surface area contributed by atoms with Gasteiger partial charge in [0, 0.05) is 23.6 Å². The number of hydrogen-bond donors (Lipinski definition) is 0. The van der Waals surface area contributed by atoms with Gasteiger partial charge in [0.05, 0.1) is 12.0 Å². The average molecular weight is 349 g/mol. The van der Waals surface area contributed by atoms with Gasteiger partial charge in [0.1, 0.15) is 0 Å². The van der Waals surface area contributed by atoms with Crippen molar-refractivity contribution in [2.45, 2.75) is 27.2 Å². The van der Waals surface area contributed by atoms with Crippen LogP contribution < -0.4 is 0 Å². The van der Waals surface area contributed by atoms with Crippen LogP contribution in [0.2, 0.25) is 10.0 Å². The van der Waals surface area contributed by atoms with Crippen molar-refractivity contribution in [3.63, 3.8) is 0 Å². The lowest BCUT2D eigenvalue weighted by molar-refractivity contribution is 0.552. The maximum atomic E-state index is 6.29. The highest BCUT2D eigenvalue weighted by Crippen LogP contribution is 2.28. The topological polar surface area (TPSA) is 15.6 Å². The number of hydrogen-bond acceptors (Lipinski definition) is 1. The van der Waals surface area contributed by atoms with Crippen LogP contribution in [0.1, 0.15) is 29.2 Å². The standard InChI is InChI=1S/C19H22Cl2N2/c1-5-23(4)12-22-19-9-13(2)16(8-14(19)3)10-15-6-7-17(20)11-18(15)21/h6-9,11-12H,5,10H2,1-4H3. The van der Waals surface area contributed by atoms with Gasteiger partial charge in [-0.15, -0.1) is 0 Å². The SMILES string of the molecule is CCN(C)C=Nc1cc(C)c(Cc2ccc(Cl)cc2Cl)cc1C. The predicted molar refractivity (Wildman–Crippen MR) is 102 cm³/mol. The molecule has 0 aromatic heterocycles. The average Bonchev–Trinajstić information content (AvgIpc) is 2.51. The van der Waals surface area contributed by atoms with E-state index in [0.29, 0.717) is 10.0 Å². The van der Waals surface area contributed by atoms with Gasteiger partial charge in [0.2, 0.25) is 0 Å². The van der Waals surface area contributed by atoms with Crippen LogP contribution in [0.4, 0.5) is 5.69 Å². The van der Waals surface area contributed by atoms with Gasteiger partial charge in [-0.3, -0.25) is 0 Å². The first-order chi connectivity index (χ1) is 10.9. The third-order valence-electron chi connectivity index (χ3n) is 3.94. The Morgan fingerprint density at radius 1 is 1.04 bits per heavy atom. The number of rotatable bonds is 5. The highest BCUT2D eigenvalue weighted by Gasteiger charge is 2.08. The van der Waals surface area contributed by atoms with Crippen LogP contribution >= 0.6 is 23.2 Å². The van der Waals surface area contributed by atoms with Gasteiger partial charge in [0.15, 0.2) is 0 Å². The maximum Gasteiger partial charge on any atom is 0.0909 e. The molecule has 0 radical (unpaired) electrons. The zero-order valence-electron chi connectivity index (χ0n) is 14.0. The van der Waals surface area contributed by atoms with Crippen LogP contribution in [-0.4, -0.2) is 24.8 Å². The lowest BCUT2D eigenvalue weighted by atomic mass is 9.97. The Morgan fingerprint density at radius 2 is 1.78 bits per heavy atom. The fraction of sp³-hybridized carbons (Fsp3) is 0.316. The molecule has 0 aliphatic heterocycles. The molecule has 0 aliphatic carbocycles. The molecular weight excluding hydrogens is 327 g/mol. The Balaban J connectivity index is 2.27. The van der Waals surface area contributed by atoms with Gasteiger partial charge in [-0.1, -0.05) is 35.3 Å². The van der Waals surface area contributed by atoms with Crippen molar-refractivity contribution in [1.82, 2.24) is 4.90 Å². The second-order valence-electron chi connectivity index (χ2n) is 5.80. The molecule has 0 saturated heterocycles. The van der Waals surface area contributed by atoms with E-state index in [-0.39, 0.29) is 0 Å². The van der Waals surface area contributed by atoms with Gasteiger partial charge >= 0.3 is 0 Å². The summed E-state index contributed by atoms with van der Waals surface area (Å²) >= 11 is 12.3. The van der Waals surface area contributed by atoms with Gasteiger partial charge < -0.3 is 4.90 Å². The zero-order chi connectivity index (χ0) is 17.0. The number of nitrogens with zero attached hydrogens (tertiary/aromatic N) is 2. The normalized spacial score (nSPS) is 11.2. The first-order valence-electron chi connectivity index (χ1n) is 7.69. The predicted octanol–water partition coefficient (Wildman–Crippen LogP) is 5.81. The van der Waals surface area contributed by atoms with Crippen molar-refractivity contribution in [2.24, 2.45) is 4.99 Å². The van der Waals surface area contributed by atoms with E-state index in [9.17, 15) is 0 Å². The Labute approximate surface area is 148 Å². The molecule has 0 spiro atoms. The van der Waals surface area contributed by atoms with Crippen LogP contribution in [0.5, 0.6) is 0 Å². The van der Waals surface area contributed by atoms with Crippen molar-refractivity contribution in [1.29, 1.82) is 0 Å². The third kappa shape index (κ3) is 4.73. The highest BCUT2D eigenvalue weighted by molar-refractivity contribution is 6.35. The van der Waals surface area contributed by atoms with Crippen molar-refractivity contribution in [3.8, 4) is 0 Å². The van der Waals surface area contributed by atoms with E-state index >= 15 is 0 Å². The summed E-state index contributed by atoms with van der Waals surface area (Å²) in [4.78, 5) is 6.62. The minimum absolute atomic E-state index is 0.663. The second-order valence-corrected chi connectivity index (χ2v) is 6.64. The van der Waals surface area contributed by atoms with Crippen LogP contribution in [0.15, 0.2) is 35.3 Å². The monoisotopic (exact) mass is 348 g/mol. The molecule has 122 valence electrons. The molecule has 23 heavy (non-hydrogen) atoms. The number of halogens is 2. The summed E-state index contributed by atoms with van der Waals surface area (Å²) < 4.78 is 0. The molecule has 2 nitrogen and oxygen atoms in total.